The van der Waals surface area contributed by atoms with Gasteiger partial charge >= 0.3 is 0 Å². The fourth-order valence-electron chi connectivity index (χ4n) is 3.00. The van der Waals surface area contributed by atoms with Gasteiger partial charge in [-0.05, 0) is 50.5 Å². The van der Waals surface area contributed by atoms with E-state index < -0.39 is 0 Å². The van der Waals surface area contributed by atoms with Crippen molar-refractivity contribution in [1.29, 1.82) is 0 Å². The Kier molecular flexibility index (Phi) is 4.46. The van der Waals surface area contributed by atoms with Crippen LogP contribution in [-0.4, -0.2) is 22.5 Å². The summed E-state index contributed by atoms with van der Waals surface area (Å²) in [5, 5.41) is 7.43. The number of carbonyl (C=O) groups is 1. The van der Waals surface area contributed by atoms with Crippen molar-refractivity contribution in [3.63, 3.8) is 0 Å². The maximum absolute atomic E-state index is 12.3. The molecule has 1 N–H and O–H groups in total. The van der Waals surface area contributed by atoms with Crippen LogP contribution in [0.25, 0.3) is 0 Å². The summed E-state index contributed by atoms with van der Waals surface area (Å²) in [6.07, 6.45) is 1.15. The first-order valence-corrected chi connectivity index (χ1v) is 8.13. The number of hydrogen-bond acceptors (Lipinski definition) is 4. The van der Waals surface area contributed by atoms with Crippen molar-refractivity contribution in [3.05, 3.63) is 40.7 Å². The normalized spacial score (nSPS) is 13.8. The molecule has 1 aliphatic rings. The number of amides is 1. The Morgan fingerprint density at radius 2 is 2.08 bits per heavy atom. The lowest BCUT2D eigenvalue weighted by Crippen LogP contribution is -2.26. The van der Waals surface area contributed by atoms with Crippen LogP contribution in [-0.2, 0) is 18.3 Å². The number of carbonyl (C=O) groups excluding carboxylic acids is 1. The molecular formula is C18H23N3O3. The van der Waals surface area contributed by atoms with E-state index in [0.717, 1.165) is 34.0 Å². The van der Waals surface area contributed by atoms with Crippen molar-refractivity contribution >= 4 is 5.91 Å². The molecular weight excluding hydrogens is 306 g/mol. The highest BCUT2D eigenvalue weighted by Gasteiger charge is 2.17. The van der Waals surface area contributed by atoms with E-state index in [1.807, 2.05) is 50.7 Å². The first-order chi connectivity index (χ1) is 11.5. The molecule has 6 nitrogen and oxygen atoms in total. The van der Waals surface area contributed by atoms with Gasteiger partial charge < -0.3 is 14.8 Å². The third-order valence-corrected chi connectivity index (χ3v) is 4.54. The largest absolute Gasteiger partial charge is 0.454 e. The smallest absolute Gasteiger partial charge is 0.231 e. The van der Waals surface area contributed by atoms with Crippen LogP contribution in [0.5, 0.6) is 11.5 Å². The lowest BCUT2D eigenvalue weighted by Gasteiger charge is -2.15. The standard InChI is InChI=1S/C18H23N3O3/c1-11(14-5-7-16-17(9-14)24-10-23-16)19-18(22)8-6-15-12(2)20-21(4)13(15)3/h5,7,9,11H,6,8,10H2,1-4H3,(H,19,22). The Labute approximate surface area is 141 Å². The summed E-state index contributed by atoms with van der Waals surface area (Å²) in [5.74, 6) is 1.51. The van der Waals surface area contributed by atoms with Crippen molar-refractivity contribution < 1.29 is 14.3 Å². The Morgan fingerprint density at radius 3 is 2.79 bits per heavy atom. The van der Waals surface area contributed by atoms with E-state index in [-0.39, 0.29) is 18.7 Å². The van der Waals surface area contributed by atoms with Gasteiger partial charge in [-0.3, -0.25) is 9.48 Å². The molecule has 0 saturated carbocycles. The van der Waals surface area contributed by atoms with Crippen LogP contribution in [0.1, 0.15) is 41.9 Å². The van der Waals surface area contributed by atoms with E-state index in [4.69, 9.17) is 9.47 Å². The molecule has 128 valence electrons. The van der Waals surface area contributed by atoms with Crippen molar-refractivity contribution in [2.45, 2.75) is 39.7 Å². The molecule has 0 bridgehead atoms. The van der Waals surface area contributed by atoms with E-state index in [1.54, 1.807) is 0 Å². The molecule has 1 aromatic carbocycles. The minimum atomic E-state index is -0.0805. The number of hydrogen-bond donors (Lipinski definition) is 1. The second-order valence-corrected chi connectivity index (χ2v) is 6.17. The number of benzene rings is 1. The Balaban J connectivity index is 1.58. The highest BCUT2D eigenvalue weighted by atomic mass is 16.7. The number of rotatable bonds is 5. The Hall–Kier alpha value is -2.50. The van der Waals surface area contributed by atoms with Crippen LogP contribution in [0.3, 0.4) is 0 Å². The summed E-state index contributed by atoms with van der Waals surface area (Å²) >= 11 is 0. The van der Waals surface area contributed by atoms with Gasteiger partial charge in [0.2, 0.25) is 12.7 Å². The number of nitrogens with zero attached hydrogens (tertiary/aromatic N) is 2. The minimum absolute atomic E-state index is 0.0304. The van der Waals surface area contributed by atoms with Gasteiger partial charge in [-0.1, -0.05) is 6.07 Å². The number of fused-ring (bicyclic) bond motifs is 1. The molecule has 1 amide bonds. The number of nitrogens with one attached hydrogen (secondary N) is 1. The monoisotopic (exact) mass is 329 g/mol. The summed E-state index contributed by atoms with van der Waals surface area (Å²) in [7, 11) is 1.92. The molecule has 1 atom stereocenters. The van der Waals surface area contributed by atoms with Gasteiger partial charge in [-0.15, -0.1) is 0 Å². The predicted molar refractivity (Wildman–Crippen MR) is 90.1 cm³/mol. The molecule has 0 radical (unpaired) electrons. The zero-order valence-electron chi connectivity index (χ0n) is 14.5. The minimum Gasteiger partial charge on any atom is -0.454 e. The van der Waals surface area contributed by atoms with Crippen LogP contribution >= 0.6 is 0 Å². The molecule has 24 heavy (non-hydrogen) atoms. The zero-order valence-corrected chi connectivity index (χ0v) is 14.5. The van der Waals surface area contributed by atoms with E-state index in [9.17, 15) is 4.79 Å². The van der Waals surface area contributed by atoms with Gasteiger partial charge in [0, 0.05) is 19.2 Å². The molecule has 2 heterocycles. The molecule has 1 aliphatic heterocycles. The van der Waals surface area contributed by atoms with Crippen LogP contribution in [0, 0.1) is 13.8 Å². The summed E-state index contributed by atoms with van der Waals surface area (Å²) in [5.41, 5.74) is 4.26. The van der Waals surface area contributed by atoms with Gasteiger partial charge in [0.05, 0.1) is 11.7 Å². The highest BCUT2D eigenvalue weighted by Crippen LogP contribution is 2.34. The van der Waals surface area contributed by atoms with Crippen LogP contribution < -0.4 is 14.8 Å². The van der Waals surface area contributed by atoms with E-state index in [0.29, 0.717) is 12.8 Å². The second-order valence-electron chi connectivity index (χ2n) is 6.17. The first kappa shape index (κ1) is 16.4. The Morgan fingerprint density at radius 1 is 1.33 bits per heavy atom. The number of aromatic nitrogens is 2. The topological polar surface area (TPSA) is 65.4 Å². The van der Waals surface area contributed by atoms with Crippen molar-refractivity contribution in [2.24, 2.45) is 7.05 Å². The Bertz CT molecular complexity index is 767. The lowest BCUT2D eigenvalue weighted by molar-refractivity contribution is -0.121. The average molecular weight is 329 g/mol. The van der Waals surface area contributed by atoms with Crippen LogP contribution in [0.15, 0.2) is 18.2 Å². The maximum atomic E-state index is 12.3. The van der Waals surface area contributed by atoms with Crippen LogP contribution in [0.2, 0.25) is 0 Å². The third kappa shape index (κ3) is 3.22. The molecule has 0 saturated heterocycles. The predicted octanol–water partition coefficient (Wildman–Crippen LogP) is 2.58. The molecule has 1 aromatic heterocycles. The fourth-order valence-corrected chi connectivity index (χ4v) is 3.00. The molecule has 0 aliphatic carbocycles. The summed E-state index contributed by atoms with van der Waals surface area (Å²) in [4.78, 5) is 12.3. The van der Waals surface area contributed by atoms with Gasteiger partial charge in [0.15, 0.2) is 11.5 Å². The van der Waals surface area contributed by atoms with Gasteiger partial charge in [-0.25, -0.2) is 0 Å². The zero-order chi connectivity index (χ0) is 17.3. The molecule has 1 unspecified atom stereocenters. The van der Waals surface area contributed by atoms with E-state index in [2.05, 4.69) is 10.4 Å². The lowest BCUT2D eigenvalue weighted by atomic mass is 10.1. The van der Waals surface area contributed by atoms with Gasteiger partial charge in [0.1, 0.15) is 0 Å². The molecule has 0 spiro atoms. The molecule has 0 fully saturated rings. The van der Waals surface area contributed by atoms with Crippen molar-refractivity contribution in [3.8, 4) is 11.5 Å². The van der Waals surface area contributed by atoms with Gasteiger partial charge in [-0.2, -0.15) is 5.10 Å². The van der Waals surface area contributed by atoms with E-state index >= 15 is 0 Å². The van der Waals surface area contributed by atoms with E-state index in [1.165, 1.54) is 0 Å². The fraction of sp³-hybridized carbons (Fsp3) is 0.444. The average Bonchev–Trinajstić information content (AvgIpc) is 3.10. The first-order valence-electron chi connectivity index (χ1n) is 8.13. The number of aryl methyl sites for hydroxylation is 2. The molecule has 6 heteroatoms. The highest BCUT2D eigenvalue weighted by molar-refractivity contribution is 5.76. The van der Waals surface area contributed by atoms with Crippen molar-refractivity contribution in [2.75, 3.05) is 6.79 Å². The summed E-state index contributed by atoms with van der Waals surface area (Å²) < 4.78 is 12.6. The number of ether oxygens (including phenoxy) is 2. The SMILES string of the molecule is Cc1nn(C)c(C)c1CCC(=O)NC(C)c1ccc2c(c1)OCO2. The molecule has 3 rings (SSSR count). The maximum Gasteiger partial charge on any atom is 0.231 e. The second kappa shape index (κ2) is 6.55. The quantitative estimate of drug-likeness (QED) is 0.916. The summed E-state index contributed by atoms with van der Waals surface area (Å²) in [6, 6.07) is 5.67. The summed E-state index contributed by atoms with van der Waals surface area (Å²) in [6.45, 7) is 6.23. The van der Waals surface area contributed by atoms with Crippen molar-refractivity contribution in [1.82, 2.24) is 15.1 Å². The third-order valence-electron chi connectivity index (χ3n) is 4.54. The van der Waals surface area contributed by atoms with Crippen LogP contribution in [0.4, 0.5) is 0 Å². The van der Waals surface area contributed by atoms with Gasteiger partial charge in [0.25, 0.3) is 0 Å². The molecule has 2 aromatic rings.